The molecule has 1 amide bonds. The van der Waals surface area contributed by atoms with Crippen LogP contribution in [0.1, 0.15) is 32.6 Å². The highest BCUT2D eigenvalue weighted by atomic mass is 32.1. The number of hydrogen-bond acceptors (Lipinski definition) is 5. The topological polar surface area (TPSA) is 72.7 Å². The van der Waals surface area contributed by atoms with Crippen molar-refractivity contribution < 1.29 is 4.79 Å². The molecule has 0 bridgehead atoms. The molecule has 4 aromatic rings. The first kappa shape index (κ1) is 19.0. The molecule has 6 nitrogen and oxygen atoms in total. The molecule has 2 heterocycles. The van der Waals surface area contributed by atoms with Crippen LogP contribution in [0.25, 0.3) is 11.3 Å². The summed E-state index contributed by atoms with van der Waals surface area (Å²) in [5.74, 6) is -0.171. The van der Waals surface area contributed by atoms with Gasteiger partial charge < -0.3 is 0 Å². The summed E-state index contributed by atoms with van der Waals surface area (Å²) in [4.78, 5) is 21.2. The summed E-state index contributed by atoms with van der Waals surface area (Å²) < 4.78 is 1.74. The van der Waals surface area contributed by atoms with Gasteiger partial charge in [0.15, 0.2) is 5.13 Å². The second-order valence-corrected chi connectivity index (χ2v) is 7.91. The molecule has 0 saturated heterocycles. The minimum Gasteiger partial charge on any atom is -0.298 e. The molecule has 0 aliphatic rings. The lowest BCUT2D eigenvalue weighted by atomic mass is 9.98. The minimum absolute atomic E-state index is 0.171. The first-order valence-electron chi connectivity index (χ1n) is 9.26. The Morgan fingerprint density at radius 1 is 1.10 bits per heavy atom. The van der Waals surface area contributed by atoms with Crippen molar-refractivity contribution in [1.29, 1.82) is 0 Å². The Morgan fingerprint density at radius 2 is 1.83 bits per heavy atom. The summed E-state index contributed by atoms with van der Waals surface area (Å²) in [6.45, 7) is 6.89. The van der Waals surface area contributed by atoms with E-state index in [9.17, 15) is 4.79 Å². The fourth-order valence-electron chi connectivity index (χ4n) is 3.46. The third-order valence-corrected chi connectivity index (χ3v) is 5.44. The Hall–Kier alpha value is -3.32. The van der Waals surface area contributed by atoms with Crippen LogP contribution < -0.4 is 5.32 Å². The van der Waals surface area contributed by atoms with Crippen LogP contribution in [-0.2, 0) is 6.54 Å². The molecular formula is C22H21N5OS. The molecular weight excluding hydrogens is 382 g/mol. The van der Waals surface area contributed by atoms with Crippen molar-refractivity contribution in [3.63, 3.8) is 0 Å². The maximum absolute atomic E-state index is 12.6. The van der Waals surface area contributed by atoms with Crippen LogP contribution in [0, 0.1) is 20.8 Å². The fraction of sp³-hybridized carbons (Fsp3) is 0.182. The molecule has 0 aliphatic carbocycles. The summed E-state index contributed by atoms with van der Waals surface area (Å²) in [5.41, 5.74) is 7.27. The van der Waals surface area contributed by atoms with Gasteiger partial charge >= 0.3 is 0 Å². The van der Waals surface area contributed by atoms with E-state index >= 15 is 0 Å². The van der Waals surface area contributed by atoms with Gasteiger partial charge in [-0.1, -0.05) is 29.8 Å². The maximum atomic E-state index is 12.6. The lowest BCUT2D eigenvalue weighted by Crippen LogP contribution is -2.12. The van der Waals surface area contributed by atoms with Gasteiger partial charge in [-0.05, 0) is 49.6 Å². The average Bonchev–Trinajstić information content (AvgIpc) is 3.34. The zero-order chi connectivity index (χ0) is 20.4. The number of nitrogens with one attached hydrogen (secondary N) is 1. The number of aryl methyl sites for hydroxylation is 3. The van der Waals surface area contributed by atoms with Gasteiger partial charge in [-0.25, -0.2) is 14.6 Å². The molecule has 7 heteroatoms. The largest absolute Gasteiger partial charge is 0.298 e. The van der Waals surface area contributed by atoms with Gasteiger partial charge in [0.05, 0.1) is 12.2 Å². The van der Waals surface area contributed by atoms with Gasteiger partial charge in [0.1, 0.15) is 12.7 Å². The monoisotopic (exact) mass is 403 g/mol. The highest BCUT2D eigenvalue weighted by Gasteiger charge is 2.13. The van der Waals surface area contributed by atoms with E-state index in [4.69, 9.17) is 0 Å². The summed E-state index contributed by atoms with van der Waals surface area (Å²) in [5, 5.41) is 9.57. The number of carbonyl (C=O) groups is 1. The number of anilines is 1. The van der Waals surface area contributed by atoms with Crippen molar-refractivity contribution in [2.45, 2.75) is 27.3 Å². The SMILES string of the molecule is Cc1cc(C)c(-c2csc(NC(=O)c3ccc(Cn4cncn4)cc3)n2)c(C)c1. The van der Waals surface area contributed by atoms with Gasteiger partial charge in [0.25, 0.3) is 5.91 Å². The number of amides is 1. The molecule has 2 aromatic heterocycles. The Labute approximate surface area is 173 Å². The number of rotatable bonds is 5. The van der Waals surface area contributed by atoms with Crippen LogP contribution in [0.3, 0.4) is 0 Å². The lowest BCUT2D eigenvalue weighted by Gasteiger charge is -2.08. The summed E-state index contributed by atoms with van der Waals surface area (Å²) >= 11 is 1.43. The lowest BCUT2D eigenvalue weighted by molar-refractivity contribution is 0.102. The van der Waals surface area contributed by atoms with Crippen molar-refractivity contribution in [2.24, 2.45) is 0 Å². The Balaban J connectivity index is 1.47. The predicted molar refractivity (Wildman–Crippen MR) is 115 cm³/mol. The normalized spacial score (nSPS) is 10.9. The molecule has 0 radical (unpaired) electrons. The molecule has 0 saturated carbocycles. The van der Waals surface area contributed by atoms with Gasteiger partial charge in [0, 0.05) is 16.5 Å². The van der Waals surface area contributed by atoms with Crippen molar-refractivity contribution in [2.75, 3.05) is 5.32 Å². The van der Waals surface area contributed by atoms with Crippen LogP contribution in [0.2, 0.25) is 0 Å². The maximum Gasteiger partial charge on any atom is 0.257 e. The van der Waals surface area contributed by atoms with E-state index in [1.807, 2.05) is 29.6 Å². The van der Waals surface area contributed by atoms with Crippen molar-refractivity contribution in [3.8, 4) is 11.3 Å². The van der Waals surface area contributed by atoms with E-state index < -0.39 is 0 Å². The zero-order valence-corrected chi connectivity index (χ0v) is 17.3. The standard InChI is InChI=1S/C22H21N5OS/c1-14-8-15(2)20(16(3)9-14)19-11-29-22(25-19)26-21(28)18-6-4-17(5-7-18)10-27-13-23-12-24-27/h4-9,11-13H,10H2,1-3H3,(H,25,26,28). The van der Waals surface area contributed by atoms with E-state index in [0.29, 0.717) is 17.2 Å². The molecule has 146 valence electrons. The molecule has 2 aromatic carbocycles. The summed E-state index contributed by atoms with van der Waals surface area (Å²) in [7, 11) is 0. The van der Waals surface area contributed by atoms with Gasteiger partial charge in [0.2, 0.25) is 0 Å². The smallest absolute Gasteiger partial charge is 0.257 e. The van der Waals surface area contributed by atoms with E-state index in [2.05, 4.69) is 53.3 Å². The second-order valence-electron chi connectivity index (χ2n) is 7.06. The van der Waals surface area contributed by atoms with Crippen molar-refractivity contribution in [3.05, 3.63) is 82.3 Å². The average molecular weight is 404 g/mol. The highest BCUT2D eigenvalue weighted by molar-refractivity contribution is 7.14. The number of nitrogens with zero attached hydrogens (tertiary/aromatic N) is 4. The Morgan fingerprint density at radius 3 is 2.48 bits per heavy atom. The van der Waals surface area contributed by atoms with Crippen LogP contribution in [0.4, 0.5) is 5.13 Å². The van der Waals surface area contributed by atoms with E-state index in [1.54, 1.807) is 11.0 Å². The summed E-state index contributed by atoms with van der Waals surface area (Å²) in [6, 6.07) is 11.8. The number of carbonyl (C=O) groups excluding carboxylic acids is 1. The third kappa shape index (κ3) is 4.25. The van der Waals surface area contributed by atoms with Crippen LogP contribution in [0.15, 0.2) is 54.4 Å². The molecule has 0 unspecified atom stereocenters. The molecule has 29 heavy (non-hydrogen) atoms. The minimum atomic E-state index is -0.171. The number of aromatic nitrogens is 4. The summed E-state index contributed by atoms with van der Waals surface area (Å²) in [6.07, 6.45) is 3.17. The van der Waals surface area contributed by atoms with Gasteiger partial charge in [-0.15, -0.1) is 11.3 Å². The number of thiazole rings is 1. The van der Waals surface area contributed by atoms with Crippen LogP contribution in [0.5, 0.6) is 0 Å². The quantitative estimate of drug-likeness (QED) is 0.527. The molecule has 4 rings (SSSR count). The van der Waals surface area contributed by atoms with Gasteiger partial charge in [-0.2, -0.15) is 5.10 Å². The van der Waals surface area contributed by atoms with Crippen LogP contribution >= 0.6 is 11.3 Å². The van der Waals surface area contributed by atoms with E-state index in [-0.39, 0.29) is 5.91 Å². The number of benzene rings is 2. The van der Waals surface area contributed by atoms with Crippen LogP contribution in [-0.4, -0.2) is 25.7 Å². The number of hydrogen-bond donors (Lipinski definition) is 1. The first-order valence-corrected chi connectivity index (χ1v) is 10.1. The molecule has 1 N–H and O–H groups in total. The molecule has 0 spiro atoms. The molecule has 0 atom stereocenters. The Kier molecular flexibility index (Phi) is 5.22. The second kappa shape index (κ2) is 7.97. The fourth-order valence-corrected chi connectivity index (χ4v) is 4.16. The Bertz CT molecular complexity index is 1120. The predicted octanol–water partition coefficient (Wildman–Crippen LogP) is 4.63. The molecule has 0 fully saturated rings. The third-order valence-electron chi connectivity index (χ3n) is 4.69. The van der Waals surface area contributed by atoms with E-state index in [1.165, 1.54) is 34.4 Å². The first-order chi connectivity index (χ1) is 14.0. The zero-order valence-electron chi connectivity index (χ0n) is 16.5. The molecule has 0 aliphatic heterocycles. The highest BCUT2D eigenvalue weighted by Crippen LogP contribution is 2.31. The van der Waals surface area contributed by atoms with Crippen molar-refractivity contribution >= 4 is 22.4 Å². The van der Waals surface area contributed by atoms with E-state index in [0.717, 1.165) is 16.8 Å². The van der Waals surface area contributed by atoms with Gasteiger partial charge in [-0.3, -0.25) is 10.1 Å². The van der Waals surface area contributed by atoms with Crippen molar-refractivity contribution in [1.82, 2.24) is 19.7 Å².